The second kappa shape index (κ2) is 14.3. The van der Waals surface area contributed by atoms with Crippen LogP contribution in [0.3, 0.4) is 0 Å². The Kier molecular flexibility index (Phi) is 9.12. The van der Waals surface area contributed by atoms with Gasteiger partial charge >= 0.3 is 0 Å². The summed E-state index contributed by atoms with van der Waals surface area (Å²) in [6.07, 6.45) is 12.8. The van der Waals surface area contributed by atoms with Crippen molar-refractivity contribution >= 4 is 34.7 Å². The third-order valence-corrected chi connectivity index (χ3v) is 10.7. The summed E-state index contributed by atoms with van der Waals surface area (Å²) < 4.78 is 0. The van der Waals surface area contributed by atoms with Crippen LogP contribution in [-0.4, -0.2) is 6.04 Å². The molecule has 0 amide bonds. The molecule has 0 N–H and O–H groups in total. The molecule has 0 saturated heterocycles. The van der Waals surface area contributed by atoms with Crippen molar-refractivity contribution < 1.29 is 0 Å². The molecule has 1 saturated carbocycles. The van der Waals surface area contributed by atoms with Crippen LogP contribution in [0.25, 0.3) is 23.3 Å². The van der Waals surface area contributed by atoms with E-state index in [0.717, 1.165) is 0 Å². The predicted molar refractivity (Wildman–Crippen MR) is 218 cm³/mol. The average molecular weight is 660 g/mol. The van der Waals surface area contributed by atoms with Gasteiger partial charge in [0, 0.05) is 23.3 Å². The monoisotopic (exact) mass is 659 g/mol. The van der Waals surface area contributed by atoms with Crippen LogP contribution in [0.15, 0.2) is 158 Å². The van der Waals surface area contributed by atoms with E-state index in [1.807, 2.05) is 0 Å². The van der Waals surface area contributed by atoms with Gasteiger partial charge in [0.25, 0.3) is 0 Å². The molecule has 8 rings (SSSR count). The molecule has 0 radical (unpaired) electrons. The fourth-order valence-corrected chi connectivity index (χ4v) is 7.98. The smallest absolute Gasteiger partial charge is 0.0450 e. The highest BCUT2D eigenvalue weighted by Gasteiger charge is 2.42. The van der Waals surface area contributed by atoms with Gasteiger partial charge in [-0.1, -0.05) is 163 Å². The molecule has 1 heterocycles. The second-order valence-electron chi connectivity index (χ2n) is 14.3. The summed E-state index contributed by atoms with van der Waals surface area (Å²) in [7, 11) is 0. The normalized spacial score (nSPS) is 16.7. The van der Waals surface area contributed by atoms with E-state index >= 15 is 0 Å². The summed E-state index contributed by atoms with van der Waals surface area (Å²) >= 11 is 0. The van der Waals surface area contributed by atoms with Gasteiger partial charge < -0.3 is 4.90 Å². The highest BCUT2D eigenvalue weighted by Crippen LogP contribution is 2.52. The van der Waals surface area contributed by atoms with E-state index in [1.165, 1.54) is 97.4 Å². The molecule has 1 nitrogen and oxygen atoms in total. The van der Waals surface area contributed by atoms with Crippen LogP contribution in [0.1, 0.15) is 80.8 Å². The van der Waals surface area contributed by atoms with E-state index in [9.17, 15) is 0 Å². The van der Waals surface area contributed by atoms with Gasteiger partial charge in [-0.25, -0.2) is 0 Å². The Hall–Kier alpha value is -5.66. The first kappa shape index (κ1) is 32.5. The number of rotatable bonds is 8. The summed E-state index contributed by atoms with van der Waals surface area (Å²) in [5.41, 5.74) is 17.9. The molecule has 1 fully saturated rings. The molecule has 0 aromatic heterocycles. The zero-order valence-corrected chi connectivity index (χ0v) is 29.9. The maximum absolute atomic E-state index is 2.62. The largest absolute Gasteiger partial charge is 0.338 e. The van der Waals surface area contributed by atoms with Crippen LogP contribution < -0.4 is 4.90 Å². The summed E-state index contributed by atoms with van der Waals surface area (Å²) in [6.45, 7) is 6.44. The fourth-order valence-electron chi connectivity index (χ4n) is 7.98. The van der Waals surface area contributed by atoms with Gasteiger partial charge in [-0.3, -0.25) is 0 Å². The third kappa shape index (κ3) is 6.90. The van der Waals surface area contributed by atoms with E-state index in [0.29, 0.717) is 12.0 Å². The fraction of sp³-hybridized carbons (Fsp3) is 0.160. The SMILES string of the molecule is Cc1ccc(C(=CC=Cc2ccc(N3c4ccc(C=C(c5ccc(C)cc5)c5ccc(C)cc5)cc4C4CCCC43)cc2)c2ccccc2)cc1. The Bertz CT molecular complexity index is 2170. The molecule has 2 atom stereocenters. The first-order valence-electron chi connectivity index (χ1n) is 18.4. The number of hydrogen-bond donors (Lipinski definition) is 0. The van der Waals surface area contributed by atoms with Gasteiger partial charge in [0.05, 0.1) is 0 Å². The molecule has 1 aliphatic carbocycles. The minimum absolute atomic E-state index is 0.514. The van der Waals surface area contributed by atoms with Crippen molar-refractivity contribution in [1.82, 2.24) is 0 Å². The Morgan fingerprint density at radius 1 is 0.549 bits per heavy atom. The lowest BCUT2D eigenvalue weighted by molar-refractivity contribution is 0.642. The van der Waals surface area contributed by atoms with Crippen LogP contribution in [0.2, 0.25) is 0 Å². The van der Waals surface area contributed by atoms with Crippen molar-refractivity contribution in [1.29, 1.82) is 0 Å². The van der Waals surface area contributed by atoms with Crippen molar-refractivity contribution in [3.63, 3.8) is 0 Å². The van der Waals surface area contributed by atoms with Gasteiger partial charge in [0.2, 0.25) is 0 Å². The van der Waals surface area contributed by atoms with E-state index in [-0.39, 0.29) is 0 Å². The number of allylic oxidation sites excluding steroid dienone is 2. The highest BCUT2D eigenvalue weighted by molar-refractivity contribution is 5.92. The molecule has 51 heavy (non-hydrogen) atoms. The standard InChI is InChI=1S/C50H45N/c1-35-15-24-41(25-16-35)45(40-10-5-4-6-11-40)12-7-9-38-21-30-44(31-22-38)51-49-14-8-13-46(49)48-34-39(23-32-50(48)51)33-47(42-26-17-36(2)18-27-42)43-28-19-37(3)20-29-43/h4-7,9-12,15-34,46,49H,8,13-14H2,1-3H3. The van der Waals surface area contributed by atoms with Crippen LogP contribution in [-0.2, 0) is 0 Å². The van der Waals surface area contributed by atoms with Gasteiger partial charge in [0.1, 0.15) is 0 Å². The molecule has 0 bridgehead atoms. The molecule has 2 aliphatic rings. The van der Waals surface area contributed by atoms with Crippen LogP contribution in [0, 0.1) is 20.8 Å². The first-order valence-corrected chi connectivity index (χ1v) is 18.4. The molecule has 2 unspecified atom stereocenters. The molecule has 1 heteroatoms. The van der Waals surface area contributed by atoms with Crippen molar-refractivity contribution in [3.05, 3.63) is 213 Å². The molecular formula is C50H45N. The lowest BCUT2D eigenvalue weighted by Crippen LogP contribution is -2.26. The molecular weight excluding hydrogens is 615 g/mol. The van der Waals surface area contributed by atoms with Crippen molar-refractivity contribution in [3.8, 4) is 0 Å². The Morgan fingerprint density at radius 3 is 1.71 bits per heavy atom. The quantitative estimate of drug-likeness (QED) is 0.116. The Morgan fingerprint density at radius 2 is 1.10 bits per heavy atom. The maximum Gasteiger partial charge on any atom is 0.0450 e. The topological polar surface area (TPSA) is 3.24 Å². The van der Waals surface area contributed by atoms with Crippen LogP contribution >= 0.6 is 0 Å². The zero-order chi connectivity index (χ0) is 34.7. The molecule has 6 aromatic rings. The van der Waals surface area contributed by atoms with E-state index in [2.05, 4.69) is 196 Å². The lowest BCUT2D eigenvalue weighted by Gasteiger charge is -2.27. The molecule has 1 aliphatic heterocycles. The van der Waals surface area contributed by atoms with Gasteiger partial charge in [0.15, 0.2) is 0 Å². The highest BCUT2D eigenvalue weighted by atomic mass is 15.2. The second-order valence-corrected chi connectivity index (χ2v) is 14.3. The van der Waals surface area contributed by atoms with E-state index in [1.54, 1.807) is 0 Å². The van der Waals surface area contributed by atoms with Gasteiger partial charge in [-0.05, 0) is 114 Å². The summed E-state index contributed by atoms with van der Waals surface area (Å²) in [6, 6.07) is 54.2. The molecule has 250 valence electrons. The van der Waals surface area contributed by atoms with E-state index in [4.69, 9.17) is 0 Å². The Labute approximate surface area is 304 Å². The minimum atomic E-state index is 0.514. The molecule has 6 aromatic carbocycles. The van der Waals surface area contributed by atoms with Crippen molar-refractivity contribution in [2.24, 2.45) is 0 Å². The predicted octanol–water partition coefficient (Wildman–Crippen LogP) is 13.1. The van der Waals surface area contributed by atoms with Crippen LogP contribution in [0.4, 0.5) is 11.4 Å². The van der Waals surface area contributed by atoms with Gasteiger partial charge in [-0.2, -0.15) is 0 Å². The van der Waals surface area contributed by atoms with Gasteiger partial charge in [-0.15, -0.1) is 0 Å². The minimum Gasteiger partial charge on any atom is -0.338 e. The van der Waals surface area contributed by atoms with Crippen molar-refractivity contribution in [2.45, 2.75) is 52.0 Å². The number of anilines is 2. The number of aryl methyl sites for hydroxylation is 3. The first-order chi connectivity index (χ1) is 25.0. The summed E-state index contributed by atoms with van der Waals surface area (Å²) in [5.74, 6) is 0.568. The number of benzene rings is 6. The van der Waals surface area contributed by atoms with Crippen molar-refractivity contribution in [2.75, 3.05) is 4.90 Å². The number of hydrogen-bond acceptors (Lipinski definition) is 1. The summed E-state index contributed by atoms with van der Waals surface area (Å²) in [5, 5.41) is 0. The average Bonchev–Trinajstić information content (AvgIpc) is 3.76. The summed E-state index contributed by atoms with van der Waals surface area (Å²) in [4.78, 5) is 2.62. The zero-order valence-electron chi connectivity index (χ0n) is 29.9. The molecule has 0 spiro atoms. The number of fused-ring (bicyclic) bond motifs is 3. The lowest BCUT2D eigenvalue weighted by atomic mass is 9.92. The Balaban J connectivity index is 1.08. The van der Waals surface area contributed by atoms with Crippen LogP contribution in [0.5, 0.6) is 0 Å². The third-order valence-electron chi connectivity index (χ3n) is 10.7. The van der Waals surface area contributed by atoms with E-state index < -0.39 is 0 Å². The number of nitrogens with zero attached hydrogens (tertiary/aromatic N) is 1. The maximum atomic E-state index is 2.62.